The Balaban J connectivity index is 2.90. The van der Waals surface area contributed by atoms with Crippen LogP contribution in [-0.2, 0) is 9.53 Å². The van der Waals surface area contributed by atoms with Crippen LogP contribution in [0.15, 0.2) is 12.1 Å². The monoisotopic (exact) mass is 264 g/mol. The number of nitrogens with zero attached hydrogens (tertiary/aromatic N) is 1. The van der Waals surface area contributed by atoms with Gasteiger partial charge in [-0.05, 0) is 38.0 Å². The molecule has 1 unspecified atom stereocenters. The second-order valence-corrected chi connectivity index (χ2v) is 4.80. The Labute approximate surface area is 113 Å². The summed E-state index contributed by atoms with van der Waals surface area (Å²) in [4.78, 5) is 25.0. The van der Waals surface area contributed by atoms with Crippen molar-refractivity contribution < 1.29 is 14.3 Å². The van der Waals surface area contributed by atoms with Crippen LogP contribution in [-0.4, -0.2) is 37.0 Å². The van der Waals surface area contributed by atoms with Gasteiger partial charge in [0.15, 0.2) is 6.10 Å². The average molecular weight is 264 g/mol. The van der Waals surface area contributed by atoms with Gasteiger partial charge in [0.1, 0.15) is 0 Å². The minimum Gasteiger partial charge on any atom is -0.449 e. The summed E-state index contributed by atoms with van der Waals surface area (Å²) in [6, 6.07) is 3.41. The number of likely N-dealkylation sites (N-methyl/N-ethyl adjacent to an activating group) is 1. The Kier molecular flexibility index (Phi) is 4.53. The summed E-state index contributed by atoms with van der Waals surface area (Å²) in [6.45, 7) is 5.23. The van der Waals surface area contributed by atoms with Gasteiger partial charge in [0.2, 0.25) is 0 Å². The molecule has 0 spiro atoms. The number of carbonyl (C=O) groups excluding carboxylic acids is 2. The van der Waals surface area contributed by atoms with E-state index in [1.54, 1.807) is 27.1 Å². The van der Waals surface area contributed by atoms with Gasteiger partial charge in [-0.15, -0.1) is 0 Å². The maximum absolute atomic E-state index is 12.0. The lowest BCUT2D eigenvalue weighted by Crippen LogP contribution is -2.35. The van der Waals surface area contributed by atoms with E-state index in [1.807, 2.05) is 19.9 Å². The number of hydrogen-bond donors (Lipinski definition) is 1. The fraction of sp³-hybridized carbons (Fsp3) is 0.429. The molecule has 0 heterocycles. The van der Waals surface area contributed by atoms with Gasteiger partial charge in [-0.2, -0.15) is 0 Å². The van der Waals surface area contributed by atoms with Crippen LogP contribution < -0.4 is 5.73 Å². The molecular formula is C14H20N2O3. The topological polar surface area (TPSA) is 72.6 Å². The quantitative estimate of drug-likeness (QED) is 0.663. The van der Waals surface area contributed by atoms with Gasteiger partial charge in [0, 0.05) is 19.8 Å². The molecule has 0 fully saturated rings. The number of anilines is 1. The van der Waals surface area contributed by atoms with Crippen LogP contribution in [0.3, 0.4) is 0 Å². The molecule has 1 amide bonds. The first-order valence-corrected chi connectivity index (χ1v) is 6.03. The standard InChI is InChI=1S/C14H20N2O3/c1-8-6-9(2)12(15)7-11(8)14(18)19-10(3)13(17)16(4)5/h6-7,10H,15H2,1-5H3. The zero-order chi connectivity index (χ0) is 14.7. The summed E-state index contributed by atoms with van der Waals surface area (Å²) < 4.78 is 5.15. The SMILES string of the molecule is Cc1cc(C)c(C(=O)OC(C)C(=O)N(C)C)cc1N. The first-order valence-electron chi connectivity index (χ1n) is 6.03. The van der Waals surface area contributed by atoms with Gasteiger partial charge < -0.3 is 15.4 Å². The molecule has 0 saturated heterocycles. The third kappa shape index (κ3) is 3.47. The van der Waals surface area contributed by atoms with E-state index in [-0.39, 0.29) is 5.91 Å². The van der Waals surface area contributed by atoms with E-state index in [1.165, 1.54) is 4.90 Å². The van der Waals surface area contributed by atoms with Gasteiger partial charge in [0.05, 0.1) is 5.56 Å². The molecule has 0 radical (unpaired) electrons. The van der Waals surface area contributed by atoms with E-state index in [4.69, 9.17) is 10.5 Å². The summed E-state index contributed by atoms with van der Waals surface area (Å²) in [5.74, 6) is -0.794. The van der Waals surface area contributed by atoms with E-state index < -0.39 is 12.1 Å². The molecule has 1 aromatic carbocycles. The van der Waals surface area contributed by atoms with Crippen molar-refractivity contribution in [2.45, 2.75) is 26.9 Å². The van der Waals surface area contributed by atoms with Gasteiger partial charge in [0.25, 0.3) is 5.91 Å². The number of carbonyl (C=O) groups is 2. The van der Waals surface area contributed by atoms with Crippen LogP contribution in [0, 0.1) is 13.8 Å². The third-order valence-corrected chi connectivity index (χ3v) is 2.91. The molecule has 0 saturated carbocycles. The molecule has 0 bridgehead atoms. The predicted molar refractivity (Wildman–Crippen MR) is 73.9 cm³/mol. The number of nitrogens with two attached hydrogens (primary N) is 1. The van der Waals surface area contributed by atoms with Gasteiger partial charge in [-0.1, -0.05) is 6.07 Å². The highest BCUT2D eigenvalue weighted by Crippen LogP contribution is 2.19. The van der Waals surface area contributed by atoms with Gasteiger partial charge in [-0.25, -0.2) is 4.79 Å². The Morgan fingerprint density at radius 2 is 1.79 bits per heavy atom. The van der Waals surface area contributed by atoms with Crippen molar-refractivity contribution in [3.8, 4) is 0 Å². The maximum Gasteiger partial charge on any atom is 0.339 e. The molecule has 0 aliphatic carbocycles. The minimum absolute atomic E-state index is 0.258. The predicted octanol–water partition coefficient (Wildman–Crippen LogP) is 1.52. The highest BCUT2D eigenvalue weighted by atomic mass is 16.5. The maximum atomic E-state index is 12.0. The molecule has 0 aliphatic rings. The molecule has 1 aromatic rings. The van der Waals surface area contributed by atoms with Crippen molar-refractivity contribution in [1.29, 1.82) is 0 Å². The lowest BCUT2D eigenvalue weighted by atomic mass is 10.0. The Bertz CT molecular complexity index is 510. The fourth-order valence-corrected chi connectivity index (χ4v) is 1.73. The minimum atomic E-state index is -0.815. The largest absolute Gasteiger partial charge is 0.449 e. The van der Waals surface area contributed by atoms with E-state index in [0.717, 1.165) is 11.1 Å². The first kappa shape index (κ1) is 15.0. The smallest absolute Gasteiger partial charge is 0.339 e. The number of rotatable bonds is 3. The number of nitrogen functional groups attached to an aromatic ring is 1. The van der Waals surface area contributed by atoms with Crippen molar-refractivity contribution in [1.82, 2.24) is 4.90 Å². The molecule has 5 nitrogen and oxygen atoms in total. The zero-order valence-electron chi connectivity index (χ0n) is 12.0. The summed E-state index contributed by atoms with van der Waals surface area (Å²) in [5.41, 5.74) is 8.39. The highest BCUT2D eigenvalue weighted by molar-refractivity contribution is 5.94. The second-order valence-electron chi connectivity index (χ2n) is 4.80. The van der Waals surface area contributed by atoms with Crippen LogP contribution >= 0.6 is 0 Å². The van der Waals surface area contributed by atoms with E-state index in [9.17, 15) is 9.59 Å². The summed E-state index contributed by atoms with van der Waals surface area (Å²) in [5, 5.41) is 0. The molecule has 19 heavy (non-hydrogen) atoms. The fourth-order valence-electron chi connectivity index (χ4n) is 1.73. The van der Waals surface area contributed by atoms with E-state index >= 15 is 0 Å². The molecule has 1 atom stereocenters. The van der Waals surface area contributed by atoms with Crippen LogP contribution in [0.2, 0.25) is 0 Å². The number of amides is 1. The highest BCUT2D eigenvalue weighted by Gasteiger charge is 2.21. The van der Waals surface area contributed by atoms with Crippen LogP contribution in [0.1, 0.15) is 28.4 Å². The zero-order valence-corrected chi connectivity index (χ0v) is 12.0. The normalized spacial score (nSPS) is 11.8. The number of benzene rings is 1. The Hall–Kier alpha value is -2.04. The molecular weight excluding hydrogens is 244 g/mol. The lowest BCUT2D eigenvalue weighted by molar-refractivity contribution is -0.137. The van der Waals surface area contributed by atoms with Crippen molar-refractivity contribution in [3.63, 3.8) is 0 Å². The Morgan fingerprint density at radius 3 is 2.32 bits per heavy atom. The molecule has 0 aliphatic heterocycles. The summed E-state index contributed by atoms with van der Waals surface area (Å²) in [6.07, 6.45) is -0.815. The second kappa shape index (κ2) is 5.73. The van der Waals surface area contributed by atoms with Crippen LogP contribution in [0.4, 0.5) is 5.69 Å². The summed E-state index contributed by atoms with van der Waals surface area (Å²) >= 11 is 0. The molecule has 5 heteroatoms. The number of esters is 1. The van der Waals surface area contributed by atoms with Crippen molar-refractivity contribution in [2.24, 2.45) is 0 Å². The van der Waals surface area contributed by atoms with Gasteiger partial charge >= 0.3 is 5.97 Å². The average Bonchev–Trinajstić information content (AvgIpc) is 2.32. The molecule has 2 N–H and O–H groups in total. The van der Waals surface area contributed by atoms with Crippen molar-refractivity contribution in [3.05, 3.63) is 28.8 Å². The summed E-state index contributed by atoms with van der Waals surface area (Å²) in [7, 11) is 3.23. The van der Waals surface area contributed by atoms with Crippen LogP contribution in [0.5, 0.6) is 0 Å². The Morgan fingerprint density at radius 1 is 1.21 bits per heavy atom. The molecule has 0 aromatic heterocycles. The first-order chi connectivity index (χ1) is 8.73. The molecule has 1 rings (SSSR count). The van der Waals surface area contributed by atoms with Crippen molar-refractivity contribution in [2.75, 3.05) is 19.8 Å². The van der Waals surface area contributed by atoms with Crippen molar-refractivity contribution >= 4 is 17.6 Å². The number of hydrogen-bond acceptors (Lipinski definition) is 4. The number of aryl methyl sites for hydroxylation is 2. The lowest BCUT2D eigenvalue weighted by Gasteiger charge is -2.18. The molecule has 104 valence electrons. The third-order valence-electron chi connectivity index (χ3n) is 2.91. The van der Waals surface area contributed by atoms with E-state index in [2.05, 4.69) is 0 Å². The number of ether oxygens (including phenoxy) is 1. The van der Waals surface area contributed by atoms with Crippen LogP contribution in [0.25, 0.3) is 0 Å². The van der Waals surface area contributed by atoms with E-state index in [0.29, 0.717) is 11.3 Å². The van der Waals surface area contributed by atoms with Gasteiger partial charge in [-0.3, -0.25) is 4.79 Å².